The maximum absolute atomic E-state index is 13.0. The van der Waals surface area contributed by atoms with E-state index >= 15 is 0 Å². The highest BCUT2D eigenvalue weighted by Crippen LogP contribution is 2.27. The highest BCUT2D eigenvalue weighted by molar-refractivity contribution is 6.31. The molecular formula is C19H20ClN5O2. The third kappa shape index (κ3) is 2.24. The number of hydrogen-bond donors (Lipinski definition) is 0. The summed E-state index contributed by atoms with van der Waals surface area (Å²) in [6.45, 7) is 7.95. The van der Waals surface area contributed by atoms with Crippen molar-refractivity contribution in [2.45, 2.75) is 34.2 Å². The third-order valence-corrected chi connectivity index (χ3v) is 5.66. The molecule has 140 valence electrons. The fraction of sp³-hybridized carbons (Fsp3) is 0.316. The van der Waals surface area contributed by atoms with Crippen LogP contribution < -0.4 is 11.2 Å². The summed E-state index contributed by atoms with van der Waals surface area (Å²) >= 11 is 6.32. The average molecular weight is 386 g/mol. The Morgan fingerprint density at radius 3 is 2.44 bits per heavy atom. The Morgan fingerprint density at radius 1 is 1.11 bits per heavy atom. The van der Waals surface area contributed by atoms with Gasteiger partial charge in [0.25, 0.3) is 5.56 Å². The molecular weight excluding hydrogens is 366 g/mol. The summed E-state index contributed by atoms with van der Waals surface area (Å²) in [6.07, 6.45) is 0. The van der Waals surface area contributed by atoms with Gasteiger partial charge in [-0.3, -0.25) is 22.9 Å². The van der Waals surface area contributed by atoms with Crippen LogP contribution in [0.1, 0.15) is 23.9 Å². The number of aryl methyl sites for hydroxylation is 3. The molecule has 0 aliphatic heterocycles. The highest BCUT2D eigenvalue weighted by atomic mass is 35.5. The minimum Gasteiger partial charge on any atom is -0.283 e. The largest absolute Gasteiger partial charge is 0.332 e. The number of imidazole rings is 2. The van der Waals surface area contributed by atoms with Crippen molar-refractivity contribution in [2.24, 2.45) is 7.05 Å². The van der Waals surface area contributed by atoms with Gasteiger partial charge in [0.05, 0.1) is 5.69 Å². The summed E-state index contributed by atoms with van der Waals surface area (Å²) in [5, 5.41) is 0.660. The zero-order chi connectivity index (χ0) is 19.6. The number of halogens is 1. The van der Waals surface area contributed by atoms with Gasteiger partial charge in [0.1, 0.15) is 0 Å². The second-order valence-electron chi connectivity index (χ2n) is 6.75. The minimum atomic E-state index is -0.366. The van der Waals surface area contributed by atoms with E-state index in [-0.39, 0.29) is 11.2 Å². The van der Waals surface area contributed by atoms with Crippen LogP contribution in [0.3, 0.4) is 0 Å². The standard InChI is InChI=1S/C19H20ClN5O2/c1-6-23-17(26)15-16(22(5)19(23)27)21-18-24(11(3)12(4)25(15)18)13-8-7-10(2)14(20)9-13/h7-9H,6H2,1-5H3. The minimum absolute atomic E-state index is 0.307. The zero-order valence-corrected chi connectivity index (χ0v) is 16.6. The van der Waals surface area contributed by atoms with Crippen LogP contribution in [0.15, 0.2) is 27.8 Å². The van der Waals surface area contributed by atoms with Crippen LogP contribution in [0.25, 0.3) is 22.6 Å². The van der Waals surface area contributed by atoms with E-state index in [0.29, 0.717) is 28.5 Å². The lowest BCUT2D eigenvalue weighted by molar-refractivity contribution is 0.636. The molecule has 27 heavy (non-hydrogen) atoms. The molecule has 0 aliphatic rings. The second kappa shape index (κ2) is 5.85. The summed E-state index contributed by atoms with van der Waals surface area (Å²) in [7, 11) is 1.64. The van der Waals surface area contributed by atoms with Crippen molar-refractivity contribution in [1.29, 1.82) is 0 Å². The van der Waals surface area contributed by atoms with Crippen LogP contribution in [0, 0.1) is 20.8 Å². The second-order valence-corrected chi connectivity index (χ2v) is 7.16. The number of nitrogens with zero attached hydrogens (tertiary/aromatic N) is 5. The molecule has 0 bridgehead atoms. The maximum atomic E-state index is 13.0. The van der Waals surface area contributed by atoms with E-state index in [1.54, 1.807) is 14.0 Å². The molecule has 3 heterocycles. The first-order chi connectivity index (χ1) is 12.8. The zero-order valence-electron chi connectivity index (χ0n) is 15.9. The van der Waals surface area contributed by atoms with Crippen LogP contribution >= 0.6 is 11.6 Å². The Bertz CT molecular complexity index is 1350. The Kier molecular flexibility index (Phi) is 3.82. The average Bonchev–Trinajstić information content (AvgIpc) is 3.13. The van der Waals surface area contributed by atoms with Gasteiger partial charge in [-0.2, -0.15) is 4.98 Å². The molecule has 0 aliphatic carbocycles. The molecule has 0 saturated carbocycles. The molecule has 0 saturated heterocycles. The molecule has 0 unspecified atom stereocenters. The lowest BCUT2D eigenvalue weighted by Gasteiger charge is -2.08. The number of benzene rings is 1. The molecule has 0 N–H and O–H groups in total. The predicted octanol–water partition coefficient (Wildman–Crippen LogP) is 2.74. The van der Waals surface area contributed by atoms with E-state index < -0.39 is 0 Å². The number of rotatable bonds is 2. The Hall–Kier alpha value is -2.80. The quantitative estimate of drug-likeness (QED) is 0.533. The molecule has 0 spiro atoms. The fourth-order valence-electron chi connectivity index (χ4n) is 3.56. The fourth-order valence-corrected chi connectivity index (χ4v) is 3.73. The van der Waals surface area contributed by atoms with Crippen molar-refractivity contribution in [3.63, 3.8) is 0 Å². The van der Waals surface area contributed by atoms with Crippen molar-refractivity contribution in [2.75, 3.05) is 0 Å². The Balaban J connectivity index is 2.22. The van der Waals surface area contributed by atoms with Crippen LogP contribution in [0.5, 0.6) is 0 Å². The lowest BCUT2D eigenvalue weighted by atomic mass is 10.2. The summed E-state index contributed by atoms with van der Waals surface area (Å²) < 4.78 is 6.44. The summed E-state index contributed by atoms with van der Waals surface area (Å²) in [5.74, 6) is 0.584. The topological polar surface area (TPSA) is 66.2 Å². The van der Waals surface area contributed by atoms with E-state index in [1.807, 2.05) is 47.9 Å². The van der Waals surface area contributed by atoms with Crippen LogP contribution in [-0.4, -0.2) is 23.1 Å². The SMILES string of the molecule is CCn1c(=O)c2c(nc3n(-c4ccc(C)c(Cl)c4)c(C)c(C)n23)n(C)c1=O. The summed E-state index contributed by atoms with van der Waals surface area (Å²) in [5.41, 5.74) is 3.78. The first-order valence-electron chi connectivity index (χ1n) is 8.74. The van der Waals surface area contributed by atoms with Crippen molar-refractivity contribution in [1.82, 2.24) is 23.1 Å². The van der Waals surface area contributed by atoms with Crippen molar-refractivity contribution < 1.29 is 0 Å². The summed E-state index contributed by atoms with van der Waals surface area (Å²) in [4.78, 5) is 30.1. The van der Waals surface area contributed by atoms with E-state index in [2.05, 4.69) is 4.98 Å². The molecule has 4 rings (SSSR count). The van der Waals surface area contributed by atoms with E-state index in [9.17, 15) is 9.59 Å². The smallest absolute Gasteiger partial charge is 0.283 e. The van der Waals surface area contributed by atoms with Gasteiger partial charge in [0.2, 0.25) is 5.78 Å². The van der Waals surface area contributed by atoms with Crippen LogP contribution in [0.2, 0.25) is 5.02 Å². The van der Waals surface area contributed by atoms with Gasteiger partial charge in [-0.15, -0.1) is 0 Å². The van der Waals surface area contributed by atoms with Gasteiger partial charge < -0.3 is 0 Å². The molecule has 4 aromatic rings. The number of aromatic nitrogens is 5. The molecule has 0 atom stereocenters. The van der Waals surface area contributed by atoms with Crippen LogP contribution in [-0.2, 0) is 13.6 Å². The van der Waals surface area contributed by atoms with Crippen molar-refractivity contribution in [3.8, 4) is 5.69 Å². The van der Waals surface area contributed by atoms with E-state index in [0.717, 1.165) is 22.6 Å². The van der Waals surface area contributed by atoms with Gasteiger partial charge in [0.15, 0.2) is 11.2 Å². The predicted molar refractivity (Wildman–Crippen MR) is 106 cm³/mol. The molecule has 8 heteroatoms. The van der Waals surface area contributed by atoms with Gasteiger partial charge >= 0.3 is 5.69 Å². The molecule has 0 radical (unpaired) electrons. The van der Waals surface area contributed by atoms with Crippen LogP contribution in [0.4, 0.5) is 0 Å². The number of hydrogen-bond acceptors (Lipinski definition) is 3. The van der Waals surface area contributed by atoms with Gasteiger partial charge in [-0.25, -0.2) is 4.79 Å². The number of fused-ring (bicyclic) bond motifs is 3. The first kappa shape index (κ1) is 17.6. The van der Waals surface area contributed by atoms with E-state index in [1.165, 1.54) is 9.13 Å². The maximum Gasteiger partial charge on any atom is 0.332 e. The van der Waals surface area contributed by atoms with Gasteiger partial charge in [0, 0.05) is 30.0 Å². The van der Waals surface area contributed by atoms with E-state index in [4.69, 9.17) is 11.6 Å². The lowest BCUT2D eigenvalue weighted by Crippen LogP contribution is -2.38. The molecule has 0 amide bonds. The van der Waals surface area contributed by atoms with Crippen molar-refractivity contribution in [3.05, 3.63) is 61.0 Å². The third-order valence-electron chi connectivity index (χ3n) is 5.25. The first-order valence-corrected chi connectivity index (χ1v) is 9.12. The van der Waals surface area contributed by atoms with Gasteiger partial charge in [-0.1, -0.05) is 17.7 Å². The highest BCUT2D eigenvalue weighted by Gasteiger charge is 2.22. The Morgan fingerprint density at radius 2 is 1.81 bits per heavy atom. The normalized spacial score (nSPS) is 11.8. The molecule has 7 nitrogen and oxygen atoms in total. The van der Waals surface area contributed by atoms with Crippen molar-refractivity contribution >= 4 is 28.5 Å². The summed E-state index contributed by atoms with van der Waals surface area (Å²) in [6, 6.07) is 5.80. The molecule has 0 fully saturated rings. The van der Waals surface area contributed by atoms with Gasteiger partial charge in [-0.05, 0) is 45.4 Å². The molecule has 1 aromatic carbocycles. The Labute approximate surface area is 160 Å². The molecule has 3 aromatic heterocycles. The monoisotopic (exact) mass is 385 g/mol.